The van der Waals surface area contributed by atoms with E-state index in [1.165, 1.54) is 33.9 Å². The average molecular weight is 665 g/mol. The maximum absolute atomic E-state index is 11.5. The fourth-order valence-electron chi connectivity index (χ4n) is 7.11. The van der Waals surface area contributed by atoms with E-state index in [0.717, 1.165) is 25.7 Å². The Labute approximate surface area is 285 Å². The Morgan fingerprint density at radius 2 is 1.63 bits per heavy atom. The second-order valence-corrected chi connectivity index (χ2v) is 15.6. The van der Waals surface area contributed by atoms with Gasteiger partial charge >= 0.3 is 0 Å². The molecular weight excluding hydrogens is 611 g/mol. The highest BCUT2D eigenvalue weighted by Gasteiger charge is 2.44. The van der Waals surface area contributed by atoms with Crippen LogP contribution < -0.4 is 10.0 Å². The summed E-state index contributed by atoms with van der Waals surface area (Å²) in [4.78, 5) is 2.34. The third-order valence-corrected chi connectivity index (χ3v) is 11.7. The number of benzene rings is 2. The lowest BCUT2D eigenvalue weighted by atomic mass is 9.81. The Balaban J connectivity index is 0.00000576. The Hall–Kier alpha value is -2.52. The molecule has 4 rings (SSSR count). The standard InChI is InChI=1S/C38H53N4O2P.ClH/c1-29(2)42(30(3)4)45(28-14-23-39)44-27-16-25-41-34-20-12-10-18-32(34)38(7,8)36(41)22-13-21-35-37(5,6)31-17-9-11-19-33(31)40(35)24-15-26-43;/h9-13,17-22,29-30H,14-16,24-28H2,1-8H3;1H. The second kappa shape index (κ2) is 16.5. The van der Waals surface area contributed by atoms with E-state index < -0.39 is 8.30 Å². The van der Waals surface area contributed by atoms with Crippen molar-refractivity contribution in [2.24, 2.45) is 0 Å². The van der Waals surface area contributed by atoms with Crippen LogP contribution in [-0.4, -0.2) is 59.5 Å². The van der Waals surface area contributed by atoms with Crippen molar-refractivity contribution in [2.75, 3.05) is 37.4 Å². The predicted molar refractivity (Wildman–Crippen MR) is 195 cm³/mol. The Kier molecular flexibility index (Phi) is 13.6. The number of allylic oxidation sites excluding steroid dienone is 4. The van der Waals surface area contributed by atoms with E-state index in [1.807, 2.05) is 0 Å². The lowest BCUT2D eigenvalue weighted by Gasteiger charge is -2.36. The molecule has 0 bridgehead atoms. The van der Waals surface area contributed by atoms with Crippen LogP contribution in [0, 0.1) is 11.3 Å². The zero-order chi connectivity index (χ0) is 32.8. The molecule has 250 valence electrons. The summed E-state index contributed by atoms with van der Waals surface area (Å²) >= 11 is 0. The summed E-state index contributed by atoms with van der Waals surface area (Å²) in [6, 6.07) is 20.4. The maximum atomic E-state index is 11.5. The van der Waals surface area contributed by atoms with Crippen molar-refractivity contribution in [2.45, 2.75) is 97.6 Å². The first-order valence-corrected chi connectivity index (χ1v) is 18.0. The zero-order valence-electron chi connectivity index (χ0n) is 29.1. The summed E-state index contributed by atoms with van der Waals surface area (Å²) in [5.41, 5.74) is 7.33. The summed E-state index contributed by atoms with van der Waals surface area (Å²) < 4.78 is 11.5. The van der Waals surface area contributed by atoms with E-state index in [0.29, 0.717) is 31.5 Å². The molecule has 8 heteroatoms. The molecule has 2 aromatic carbocycles. The molecule has 2 heterocycles. The molecule has 1 unspecified atom stereocenters. The number of rotatable bonds is 15. The second-order valence-electron chi connectivity index (χ2n) is 13.7. The van der Waals surface area contributed by atoms with Gasteiger partial charge in [-0.1, -0.05) is 62.7 Å². The molecule has 0 aromatic heterocycles. The smallest absolute Gasteiger partial charge is 0.209 e. The quantitative estimate of drug-likeness (QED) is 0.109. The van der Waals surface area contributed by atoms with Crippen molar-refractivity contribution in [3.05, 3.63) is 83.6 Å². The fourth-order valence-corrected chi connectivity index (χ4v) is 9.27. The number of fused-ring (bicyclic) bond motifs is 2. The molecule has 2 aliphatic rings. The van der Waals surface area contributed by atoms with E-state index in [-0.39, 0.29) is 29.8 Å². The number of nitrogens with zero attached hydrogens (tertiary/aromatic N) is 4. The van der Waals surface area contributed by atoms with Crippen LogP contribution >= 0.6 is 20.7 Å². The normalized spacial score (nSPS) is 18.1. The number of para-hydroxylation sites is 2. The van der Waals surface area contributed by atoms with Gasteiger partial charge in [0.1, 0.15) is 8.30 Å². The van der Waals surface area contributed by atoms with Crippen molar-refractivity contribution >= 4 is 37.8 Å². The molecule has 0 saturated carbocycles. The molecule has 0 aliphatic carbocycles. The highest BCUT2D eigenvalue weighted by Crippen LogP contribution is 2.48. The first-order chi connectivity index (χ1) is 21.5. The minimum atomic E-state index is -0.828. The van der Waals surface area contributed by atoms with E-state index in [2.05, 4.69) is 142 Å². The van der Waals surface area contributed by atoms with Crippen LogP contribution in [0.5, 0.6) is 0 Å². The van der Waals surface area contributed by atoms with Gasteiger partial charge in [0.15, 0.2) is 12.3 Å². The van der Waals surface area contributed by atoms with Gasteiger partial charge in [-0.25, -0.2) is 0 Å². The van der Waals surface area contributed by atoms with Gasteiger partial charge in [-0.15, -0.1) is 19.0 Å². The highest BCUT2D eigenvalue weighted by molar-refractivity contribution is 7.50. The van der Waals surface area contributed by atoms with E-state index in [1.54, 1.807) is 0 Å². The molecule has 0 saturated heterocycles. The lowest BCUT2D eigenvalue weighted by Crippen LogP contribution is -2.34. The topological polar surface area (TPSA) is 65.6 Å². The number of nitriles is 1. The van der Waals surface area contributed by atoms with Gasteiger partial charge in [0.2, 0.25) is 5.69 Å². The van der Waals surface area contributed by atoms with E-state index in [9.17, 15) is 10.4 Å². The number of hydrogen-bond donors (Lipinski definition) is 0. The van der Waals surface area contributed by atoms with Crippen LogP contribution in [0.2, 0.25) is 0 Å². The Morgan fingerprint density at radius 1 is 0.978 bits per heavy atom. The van der Waals surface area contributed by atoms with Crippen molar-refractivity contribution in [3.8, 4) is 6.07 Å². The van der Waals surface area contributed by atoms with E-state index in [4.69, 9.17) is 4.52 Å². The van der Waals surface area contributed by atoms with Gasteiger partial charge < -0.3 is 14.5 Å². The van der Waals surface area contributed by atoms with Crippen LogP contribution in [0.15, 0.2) is 72.5 Å². The van der Waals surface area contributed by atoms with Crippen molar-refractivity contribution in [1.82, 2.24) is 4.67 Å². The summed E-state index contributed by atoms with van der Waals surface area (Å²) in [5, 5.41) is 20.7. The Bertz CT molecular complexity index is 1450. The largest absolute Gasteiger partial charge is 0.854 e. The van der Waals surface area contributed by atoms with Gasteiger partial charge in [0.25, 0.3) is 0 Å². The van der Waals surface area contributed by atoms with Crippen LogP contribution in [0.25, 0.3) is 0 Å². The summed E-state index contributed by atoms with van der Waals surface area (Å²) in [5.74, 6) is 0. The molecule has 0 spiro atoms. The first-order valence-electron chi connectivity index (χ1n) is 16.6. The average Bonchev–Trinajstić information content (AvgIpc) is 3.35. The fraction of sp³-hybridized carbons (Fsp3) is 0.526. The monoisotopic (exact) mass is 664 g/mol. The summed E-state index contributed by atoms with van der Waals surface area (Å²) in [6.45, 7) is 20.2. The zero-order valence-corrected chi connectivity index (χ0v) is 30.8. The minimum absolute atomic E-state index is 0. The minimum Gasteiger partial charge on any atom is -0.854 e. The molecule has 2 aliphatic heterocycles. The van der Waals surface area contributed by atoms with Crippen LogP contribution in [0.1, 0.15) is 85.8 Å². The predicted octanol–water partition coefficient (Wildman–Crippen LogP) is 8.22. The van der Waals surface area contributed by atoms with E-state index >= 15 is 0 Å². The molecule has 46 heavy (non-hydrogen) atoms. The molecular formula is C38H54ClN4O2P. The molecule has 2 aromatic rings. The van der Waals surface area contributed by atoms with Gasteiger partial charge in [0.05, 0.1) is 18.1 Å². The van der Waals surface area contributed by atoms with Crippen LogP contribution in [0.4, 0.5) is 11.4 Å². The van der Waals surface area contributed by atoms with Gasteiger partial charge in [0, 0.05) is 72.1 Å². The number of halogens is 1. The summed E-state index contributed by atoms with van der Waals surface area (Å²) in [6.07, 6.45) is 9.57. The third-order valence-electron chi connectivity index (χ3n) is 9.13. The SMILES string of the molecule is CC(C)N(C(C)C)P(CCC#N)OCCC[N+]1=C(/C=C/C=C2\N(CCC[O-])c3ccccc3C2(C)C)C(C)(C)c2ccccc21.Cl. The van der Waals surface area contributed by atoms with Gasteiger partial charge in [-0.05, 0) is 59.2 Å². The highest BCUT2D eigenvalue weighted by atomic mass is 35.5. The third kappa shape index (κ3) is 7.95. The number of anilines is 1. The van der Waals surface area contributed by atoms with Crippen molar-refractivity contribution in [1.29, 1.82) is 5.26 Å². The summed E-state index contributed by atoms with van der Waals surface area (Å²) in [7, 11) is -0.828. The number of hydrogen-bond acceptors (Lipinski definition) is 5. The molecule has 0 radical (unpaired) electrons. The molecule has 0 N–H and O–H groups in total. The van der Waals surface area contributed by atoms with Crippen LogP contribution in [0.3, 0.4) is 0 Å². The van der Waals surface area contributed by atoms with Gasteiger partial charge in [-0.2, -0.15) is 9.84 Å². The van der Waals surface area contributed by atoms with Crippen molar-refractivity contribution in [3.63, 3.8) is 0 Å². The molecule has 0 amide bonds. The molecule has 1 atom stereocenters. The maximum Gasteiger partial charge on any atom is 0.209 e. The van der Waals surface area contributed by atoms with Crippen LogP contribution in [-0.2, 0) is 15.4 Å². The Morgan fingerprint density at radius 3 is 2.28 bits per heavy atom. The molecule has 6 nitrogen and oxygen atoms in total. The van der Waals surface area contributed by atoms with Crippen molar-refractivity contribution < 1.29 is 14.2 Å². The molecule has 0 fully saturated rings. The lowest BCUT2D eigenvalue weighted by molar-refractivity contribution is -0.438. The first kappa shape index (κ1) is 37.9. The van der Waals surface area contributed by atoms with Gasteiger partial charge in [-0.3, -0.25) is 4.67 Å².